The lowest BCUT2D eigenvalue weighted by Gasteiger charge is -2.30. The molecule has 2 fully saturated rings. The summed E-state index contributed by atoms with van der Waals surface area (Å²) in [5.41, 5.74) is 6.10. The number of para-hydroxylation sites is 1. The lowest BCUT2D eigenvalue weighted by molar-refractivity contribution is 0.122. The predicted octanol–water partition coefficient (Wildman–Crippen LogP) is 3.02. The van der Waals surface area contributed by atoms with Gasteiger partial charge >= 0.3 is 0 Å². The van der Waals surface area contributed by atoms with Gasteiger partial charge in [-0.1, -0.05) is 18.2 Å². The second-order valence-electron chi connectivity index (χ2n) is 7.96. The lowest BCUT2D eigenvalue weighted by Crippen LogP contribution is -2.38. The fraction of sp³-hybridized carbons (Fsp3) is 0.455. The number of hydrazone groups is 1. The van der Waals surface area contributed by atoms with Crippen molar-refractivity contribution in [3.63, 3.8) is 0 Å². The van der Waals surface area contributed by atoms with Gasteiger partial charge in [0.15, 0.2) is 0 Å². The number of ether oxygens (including phenoxy) is 1. The molecule has 4 heterocycles. The van der Waals surface area contributed by atoms with Gasteiger partial charge < -0.3 is 19.5 Å². The standard InChI is InChI=1S/C22H28N8O/c1-16(18-15-23-19-8-4-3-7-17(18)19)27-28-20-24-21(29-9-5-2-6-10-29)26-22(25-20)30-11-13-31-14-12-30/h3-4,7-8,15,23H,2,5-6,9-14H2,1H3,(H,24,25,26,28)/b27-16+. The molecule has 3 aromatic rings. The van der Waals surface area contributed by atoms with Crippen molar-refractivity contribution in [1.82, 2.24) is 19.9 Å². The van der Waals surface area contributed by atoms with Gasteiger partial charge in [0.2, 0.25) is 17.8 Å². The molecule has 31 heavy (non-hydrogen) atoms. The van der Waals surface area contributed by atoms with Crippen LogP contribution in [0, 0.1) is 0 Å². The SMILES string of the molecule is C/C(=N\Nc1nc(N2CCCCC2)nc(N2CCOCC2)n1)c1c[nH]c2ccccc12. The van der Waals surface area contributed by atoms with E-state index in [0.717, 1.165) is 54.3 Å². The molecular weight excluding hydrogens is 392 g/mol. The minimum atomic E-state index is 0.469. The van der Waals surface area contributed by atoms with Crippen LogP contribution >= 0.6 is 0 Å². The van der Waals surface area contributed by atoms with Crippen molar-refractivity contribution in [2.24, 2.45) is 5.10 Å². The normalized spacial score (nSPS) is 17.9. The lowest BCUT2D eigenvalue weighted by atomic mass is 10.1. The van der Waals surface area contributed by atoms with Crippen LogP contribution in [0.1, 0.15) is 31.7 Å². The maximum Gasteiger partial charge on any atom is 0.250 e. The van der Waals surface area contributed by atoms with Crippen molar-refractivity contribution >= 4 is 34.5 Å². The Morgan fingerprint density at radius 3 is 2.45 bits per heavy atom. The molecule has 9 nitrogen and oxygen atoms in total. The van der Waals surface area contributed by atoms with Crippen LogP contribution < -0.4 is 15.2 Å². The molecular formula is C22H28N8O. The third-order valence-corrected chi connectivity index (χ3v) is 5.85. The third-order valence-electron chi connectivity index (χ3n) is 5.85. The number of piperidine rings is 1. The quantitative estimate of drug-likeness (QED) is 0.484. The van der Waals surface area contributed by atoms with Crippen LogP contribution in [-0.4, -0.2) is 65.0 Å². The predicted molar refractivity (Wildman–Crippen MR) is 123 cm³/mol. The van der Waals surface area contributed by atoms with E-state index in [-0.39, 0.29) is 0 Å². The van der Waals surface area contributed by atoms with Gasteiger partial charge in [-0.3, -0.25) is 0 Å². The summed E-state index contributed by atoms with van der Waals surface area (Å²) in [4.78, 5) is 21.8. The molecule has 2 aromatic heterocycles. The number of anilines is 3. The van der Waals surface area contributed by atoms with E-state index in [9.17, 15) is 0 Å². The molecule has 0 bridgehead atoms. The van der Waals surface area contributed by atoms with Gasteiger partial charge in [0.05, 0.1) is 18.9 Å². The summed E-state index contributed by atoms with van der Waals surface area (Å²) in [7, 11) is 0. The van der Waals surface area contributed by atoms with Gasteiger partial charge in [0, 0.05) is 48.8 Å². The van der Waals surface area contributed by atoms with Crippen LogP contribution in [0.3, 0.4) is 0 Å². The van der Waals surface area contributed by atoms with Gasteiger partial charge in [-0.05, 0) is 32.3 Å². The van der Waals surface area contributed by atoms with E-state index in [1.807, 2.05) is 25.3 Å². The number of hydrogen-bond acceptors (Lipinski definition) is 8. The summed E-state index contributed by atoms with van der Waals surface area (Å²) in [6, 6.07) is 8.21. The number of nitrogens with one attached hydrogen (secondary N) is 2. The summed E-state index contributed by atoms with van der Waals surface area (Å²) >= 11 is 0. The number of benzene rings is 1. The van der Waals surface area contributed by atoms with Gasteiger partial charge in [0.1, 0.15) is 0 Å². The molecule has 1 aromatic carbocycles. The first-order valence-electron chi connectivity index (χ1n) is 11.0. The van der Waals surface area contributed by atoms with Crippen LogP contribution in [0.25, 0.3) is 10.9 Å². The van der Waals surface area contributed by atoms with Gasteiger partial charge in [0.25, 0.3) is 0 Å². The Kier molecular flexibility index (Phi) is 5.66. The van der Waals surface area contributed by atoms with E-state index in [1.54, 1.807) is 0 Å². The highest BCUT2D eigenvalue weighted by Gasteiger charge is 2.20. The molecule has 0 saturated carbocycles. The smallest absolute Gasteiger partial charge is 0.250 e. The molecule has 0 aliphatic carbocycles. The van der Waals surface area contributed by atoms with Crippen LogP contribution in [0.4, 0.5) is 17.8 Å². The summed E-state index contributed by atoms with van der Waals surface area (Å²) in [6.07, 6.45) is 5.58. The van der Waals surface area contributed by atoms with E-state index >= 15 is 0 Å². The molecule has 0 atom stereocenters. The largest absolute Gasteiger partial charge is 0.378 e. The molecule has 5 rings (SSSR count). The van der Waals surface area contributed by atoms with Gasteiger partial charge in [-0.25, -0.2) is 5.43 Å². The first-order chi connectivity index (χ1) is 15.3. The Morgan fingerprint density at radius 2 is 1.68 bits per heavy atom. The van der Waals surface area contributed by atoms with E-state index in [1.165, 1.54) is 19.3 Å². The fourth-order valence-corrected chi connectivity index (χ4v) is 4.11. The number of aromatic amines is 1. The number of hydrogen-bond donors (Lipinski definition) is 2. The number of H-pyrrole nitrogens is 1. The maximum absolute atomic E-state index is 5.49. The van der Waals surface area contributed by atoms with Crippen LogP contribution in [0.15, 0.2) is 35.6 Å². The molecule has 2 aliphatic rings. The van der Waals surface area contributed by atoms with Gasteiger partial charge in [-0.2, -0.15) is 20.1 Å². The van der Waals surface area contributed by atoms with Crippen LogP contribution in [-0.2, 0) is 4.74 Å². The average Bonchev–Trinajstić information content (AvgIpc) is 3.28. The zero-order chi connectivity index (χ0) is 21.0. The zero-order valence-corrected chi connectivity index (χ0v) is 17.8. The highest BCUT2D eigenvalue weighted by atomic mass is 16.5. The van der Waals surface area contributed by atoms with Crippen LogP contribution in [0.5, 0.6) is 0 Å². The molecule has 2 saturated heterocycles. The third kappa shape index (κ3) is 4.32. The summed E-state index contributed by atoms with van der Waals surface area (Å²) < 4.78 is 5.49. The number of nitrogens with zero attached hydrogens (tertiary/aromatic N) is 6. The Labute approximate surface area is 181 Å². The number of aromatic nitrogens is 4. The first kappa shape index (κ1) is 19.7. The topological polar surface area (TPSA) is 94.6 Å². The van der Waals surface area contributed by atoms with Crippen molar-refractivity contribution in [3.8, 4) is 0 Å². The summed E-state index contributed by atoms with van der Waals surface area (Å²) in [6.45, 7) is 6.86. The molecule has 9 heteroatoms. The number of rotatable bonds is 5. The highest BCUT2D eigenvalue weighted by Crippen LogP contribution is 2.22. The number of morpholine rings is 1. The first-order valence-corrected chi connectivity index (χ1v) is 11.0. The molecule has 0 spiro atoms. The van der Waals surface area contributed by atoms with Crippen molar-refractivity contribution in [1.29, 1.82) is 0 Å². The highest BCUT2D eigenvalue weighted by molar-refractivity contribution is 6.09. The van der Waals surface area contributed by atoms with E-state index < -0.39 is 0 Å². The minimum Gasteiger partial charge on any atom is -0.378 e. The van der Waals surface area contributed by atoms with Crippen molar-refractivity contribution in [2.75, 3.05) is 54.6 Å². The van der Waals surface area contributed by atoms with Crippen molar-refractivity contribution in [2.45, 2.75) is 26.2 Å². The molecule has 2 aliphatic heterocycles. The molecule has 0 unspecified atom stereocenters. The maximum atomic E-state index is 5.49. The fourth-order valence-electron chi connectivity index (χ4n) is 4.11. The van der Waals surface area contributed by atoms with E-state index in [0.29, 0.717) is 25.1 Å². The van der Waals surface area contributed by atoms with Gasteiger partial charge in [-0.15, -0.1) is 0 Å². The second-order valence-corrected chi connectivity index (χ2v) is 7.96. The summed E-state index contributed by atoms with van der Waals surface area (Å²) in [5, 5.41) is 5.73. The Morgan fingerprint density at radius 1 is 0.968 bits per heavy atom. The Balaban J connectivity index is 1.43. The monoisotopic (exact) mass is 420 g/mol. The average molecular weight is 421 g/mol. The van der Waals surface area contributed by atoms with E-state index in [2.05, 4.69) is 47.4 Å². The molecule has 0 amide bonds. The van der Waals surface area contributed by atoms with Crippen molar-refractivity contribution < 1.29 is 4.74 Å². The minimum absolute atomic E-state index is 0.469. The van der Waals surface area contributed by atoms with E-state index in [4.69, 9.17) is 9.72 Å². The zero-order valence-electron chi connectivity index (χ0n) is 17.8. The molecule has 2 N–H and O–H groups in total. The van der Waals surface area contributed by atoms with Crippen LogP contribution in [0.2, 0.25) is 0 Å². The second kappa shape index (κ2) is 8.89. The molecule has 0 radical (unpaired) electrons. The Hall–Kier alpha value is -3.20. The molecule has 162 valence electrons. The number of fused-ring (bicyclic) bond motifs is 1. The summed E-state index contributed by atoms with van der Waals surface area (Å²) in [5.74, 6) is 1.87. The Bertz CT molecular complexity index is 1030. The van der Waals surface area contributed by atoms with Crippen molar-refractivity contribution in [3.05, 3.63) is 36.0 Å².